The van der Waals surface area contributed by atoms with Gasteiger partial charge in [-0.2, -0.15) is 5.10 Å². The zero-order chi connectivity index (χ0) is 38.3. The molecule has 0 N–H and O–H groups in total. The van der Waals surface area contributed by atoms with Crippen LogP contribution in [0.1, 0.15) is 59.8 Å². The highest BCUT2D eigenvalue weighted by Crippen LogP contribution is 2.33. The monoisotopic (exact) mass is 747 g/mol. The van der Waals surface area contributed by atoms with E-state index in [1.54, 1.807) is 4.90 Å². The zero-order valence-electron chi connectivity index (χ0n) is 32.4. The lowest BCUT2D eigenvalue weighted by molar-refractivity contribution is -0.141. The van der Waals surface area contributed by atoms with Gasteiger partial charge in [-0.25, -0.2) is 9.67 Å². The highest BCUT2D eigenvalue weighted by molar-refractivity contribution is 5.94. The molecule has 0 spiro atoms. The number of amides is 2. The molecule has 4 aromatic rings. The van der Waals surface area contributed by atoms with E-state index in [4.69, 9.17) is 19.6 Å². The number of aryl methyl sites for hydroxylation is 4. The second-order valence-electron chi connectivity index (χ2n) is 15.2. The third-order valence-electron chi connectivity index (χ3n) is 11.3. The maximum Gasteiger partial charge on any atom is 0.306 e. The Morgan fingerprint density at radius 2 is 1.75 bits per heavy atom. The Balaban J connectivity index is 1.03. The highest BCUT2D eigenvalue weighted by atomic mass is 16.5. The highest BCUT2D eigenvalue weighted by Gasteiger charge is 2.29. The van der Waals surface area contributed by atoms with Crippen LogP contribution in [-0.4, -0.2) is 109 Å². The second kappa shape index (κ2) is 17.5. The molecule has 0 saturated carbocycles. The average molecular weight is 748 g/mol. The van der Waals surface area contributed by atoms with Gasteiger partial charge in [0.15, 0.2) is 6.61 Å². The van der Waals surface area contributed by atoms with Crippen molar-refractivity contribution in [1.82, 2.24) is 24.6 Å². The molecule has 12 heteroatoms. The van der Waals surface area contributed by atoms with Gasteiger partial charge in [-0.1, -0.05) is 24.3 Å². The lowest BCUT2D eigenvalue weighted by Gasteiger charge is -2.35. The van der Waals surface area contributed by atoms with Gasteiger partial charge in [0.2, 0.25) is 6.41 Å². The summed E-state index contributed by atoms with van der Waals surface area (Å²) in [6.45, 7) is 10.2. The number of likely N-dealkylation sites (tertiary alicyclic amines) is 1. The van der Waals surface area contributed by atoms with Gasteiger partial charge < -0.3 is 24.2 Å². The first-order valence-electron chi connectivity index (χ1n) is 19.7. The Kier molecular flexibility index (Phi) is 12.1. The number of nitrogens with zero attached hydrogens (tertiary/aromatic N) is 7. The van der Waals surface area contributed by atoms with Crippen LogP contribution < -0.4 is 14.5 Å². The molecule has 2 amide bonds. The fourth-order valence-corrected chi connectivity index (χ4v) is 8.29. The molecular formula is C43H53N7O5. The molecule has 12 nitrogen and oxygen atoms in total. The van der Waals surface area contributed by atoms with E-state index in [2.05, 4.69) is 53.1 Å². The van der Waals surface area contributed by atoms with Crippen molar-refractivity contribution >= 4 is 29.8 Å². The molecule has 2 unspecified atom stereocenters. The third kappa shape index (κ3) is 9.36. The molecule has 0 bridgehead atoms. The molecule has 5 heterocycles. The molecule has 2 aromatic heterocycles. The minimum atomic E-state index is -0.226. The minimum absolute atomic E-state index is 0.0171. The topological polar surface area (TPSA) is 113 Å². The predicted octanol–water partition coefficient (Wildman–Crippen LogP) is 5.12. The number of esters is 1. The number of benzene rings is 2. The quantitative estimate of drug-likeness (QED) is 0.128. The summed E-state index contributed by atoms with van der Waals surface area (Å²) < 4.78 is 13.0. The van der Waals surface area contributed by atoms with Gasteiger partial charge in [-0.3, -0.25) is 19.3 Å². The van der Waals surface area contributed by atoms with Crippen LogP contribution in [0.3, 0.4) is 0 Å². The molecule has 2 atom stereocenters. The second-order valence-corrected chi connectivity index (χ2v) is 15.2. The number of ether oxygens (including phenoxy) is 2. The number of anilines is 2. The van der Waals surface area contributed by atoms with Crippen LogP contribution in [0.15, 0.2) is 66.7 Å². The molecule has 2 aromatic carbocycles. The van der Waals surface area contributed by atoms with Crippen LogP contribution >= 0.6 is 0 Å². The maximum atomic E-state index is 13.3. The van der Waals surface area contributed by atoms with Crippen molar-refractivity contribution in [3.05, 3.63) is 94.9 Å². The standard InChI is InChI=1S/C43H53N7O5/c1-31-22-32(2)50(45-31)39-24-35(23-38(26-39)48-20-18-46(30-51)19-21-48)36(25-42(53)54-3)28-47-17-15-33(27-47)11-13-37-14-12-34-8-7-16-49(43(34)44-37)41(52)29-55-40-9-5-4-6-10-40/h4-6,9-10,12,14,22-24,26,30,33,36H,7-8,11,13,15-21,25,27-29H2,1-3H3. The van der Waals surface area contributed by atoms with Gasteiger partial charge in [0.25, 0.3) is 5.91 Å². The maximum absolute atomic E-state index is 13.3. The normalized spacial score (nSPS) is 17.9. The molecule has 0 aliphatic carbocycles. The van der Waals surface area contributed by atoms with Crippen molar-refractivity contribution in [3.8, 4) is 11.4 Å². The van der Waals surface area contributed by atoms with Crippen LogP contribution in [0.4, 0.5) is 11.5 Å². The molecule has 290 valence electrons. The van der Waals surface area contributed by atoms with Crippen LogP contribution in [0.25, 0.3) is 5.69 Å². The Bertz CT molecular complexity index is 1960. The molecule has 3 aliphatic rings. The van der Waals surface area contributed by atoms with E-state index in [0.717, 1.165) is 117 Å². The van der Waals surface area contributed by atoms with E-state index < -0.39 is 0 Å². The Hall–Kier alpha value is -5.23. The third-order valence-corrected chi connectivity index (χ3v) is 11.3. The summed E-state index contributed by atoms with van der Waals surface area (Å²) >= 11 is 0. The van der Waals surface area contributed by atoms with Crippen LogP contribution in [0, 0.1) is 19.8 Å². The molecule has 0 radical (unpaired) electrons. The number of hydrogen-bond acceptors (Lipinski definition) is 9. The number of aromatic nitrogens is 3. The van der Waals surface area contributed by atoms with Gasteiger partial charge in [-0.05, 0) is 112 Å². The van der Waals surface area contributed by atoms with E-state index in [1.165, 1.54) is 7.11 Å². The molecule has 7 rings (SSSR count). The first-order chi connectivity index (χ1) is 26.8. The lowest BCUT2D eigenvalue weighted by Crippen LogP contribution is -2.45. The largest absolute Gasteiger partial charge is 0.484 e. The summed E-state index contributed by atoms with van der Waals surface area (Å²) in [5.41, 5.74) is 7.23. The number of methoxy groups -OCH3 is 1. The summed E-state index contributed by atoms with van der Waals surface area (Å²) in [6.07, 6.45) is 5.95. The number of piperazine rings is 1. The summed E-state index contributed by atoms with van der Waals surface area (Å²) in [6, 6.07) is 22.3. The number of rotatable bonds is 14. The summed E-state index contributed by atoms with van der Waals surface area (Å²) in [7, 11) is 1.46. The van der Waals surface area contributed by atoms with E-state index in [0.29, 0.717) is 31.3 Å². The Morgan fingerprint density at radius 1 is 0.945 bits per heavy atom. The molecule has 2 saturated heterocycles. The Labute approximate surface area is 324 Å². The number of pyridine rings is 1. The number of fused-ring (bicyclic) bond motifs is 1. The van der Waals surface area contributed by atoms with Crippen molar-refractivity contribution in [1.29, 1.82) is 0 Å². The van der Waals surface area contributed by atoms with Crippen molar-refractivity contribution in [2.45, 2.75) is 58.3 Å². The van der Waals surface area contributed by atoms with Crippen molar-refractivity contribution in [2.24, 2.45) is 5.92 Å². The van der Waals surface area contributed by atoms with E-state index in [-0.39, 0.29) is 30.8 Å². The zero-order valence-corrected chi connectivity index (χ0v) is 32.4. The summed E-state index contributed by atoms with van der Waals surface area (Å²) in [4.78, 5) is 51.0. The minimum Gasteiger partial charge on any atom is -0.484 e. The van der Waals surface area contributed by atoms with Gasteiger partial charge >= 0.3 is 5.97 Å². The summed E-state index contributed by atoms with van der Waals surface area (Å²) in [5, 5.41) is 4.80. The smallest absolute Gasteiger partial charge is 0.306 e. The van der Waals surface area contributed by atoms with Gasteiger partial charge in [0, 0.05) is 68.8 Å². The van der Waals surface area contributed by atoms with Crippen molar-refractivity contribution in [2.75, 3.05) is 75.9 Å². The first-order valence-corrected chi connectivity index (χ1v) is 19.7. The van der Waals surface area contributed by atoms with Gasteiger partial charge in [0.05, 0.1) is 24.9 Å². The molecule has 3 aliphatic heterocycles. The van der Waals surface area contributed by atoms with E-state index >= 15 is 0 Å². The number of carbonyl (C=O) groups excluding carboxylic acids is 3. The summed E-state index contributed by atoms with van der Waals surface area (Å²) in [5.74, 6) is 1.58. The first kappa shape index (κ1) is 38.1. The van der Waals surface area contributed by atoms with Gasteiger partial charge in [0.1, 0.15) is 11.6 Å². The van der Waals surface area contributed by atoms with E-state index in [9.17, 15) is 14.4 Å². The van der Waals surface area contributed by atoms with E-state index in [1.807, 2.05) is 46.8 Å². The van der Waals surface area contributed by atoms with Crippen LogP contribution in [-0.2, 0) is 32.0 Å². The van der Waals surface area contributed by atoms with Crippen molar-refractivity contribution in [3.63, 3.8) is 0 Å². The fraction of sp³-hybridized carbons (Fsp3) is 0.465. The fourth-order valence-electron chi connectivity index (χ4n) is 8.29. The van der Waals surface area contributed by atoms with Crippen molar-refractivity contribution < 1.29 is 23.9 Å². The number of carbonyl (C=O) groups is 3. The number of hydrogen-bond donors (Lipinski definition) is 0. The molecular weight excluding hydrogens is 695 g/mol. The van der Waals surface area contributed by atoms with Gasteiger partial charge in [-0.15, -0.1) is 0 Å². The van der Waals surface area contributed by atoms with Crippen LogP contribution in [0.5, 0.6) is 5.75 Å². The SMILES string of the molecule is COC(=O)CC(CN1CCC(CCc2ccc3c(n2)N(C(=O)COc2ccccc2)CCC3)C1)c1cc(N2CCN(C=O)CC2)cc(-n2nc(C)cc2C)c1. The average Bonchev–Trinajstić information content (AvgIpc) is 3.82. The van der Waals surface area contributed by atoms with Crippen LogP contribution in [0.2, 0.25) is 0 Å². The molecule has 2 fully saturated rings. The predicted molar refractivity (Wildman–Crippen MR) is 212 cm³/mol. The number of para-hydroxylation sites is 1. The molecule has 55 heavy (non-hydrogen) atoms. The Morgan fingerprint density at radius 3 is 2.49 bits per heavy atom. The lowest BCUT2D eigenvalue weighted by atomic mass is 9.93.